The van der Waals surface area contributed by atoms with E-state index >= 15 is 0 Å². The van der Waals surface area contributed by atoms with Gasteiger partial charge in [0.25, 0.3) is 0 Å². The van der Waals surface area contributed by atoms with E-state index in [-0.39, 0.29) is 37.9 Å². The molecule has 0 aromatic carbocycles. The van der Waals surface area contributed by atoms with E-state index in [4.69, 9.17) is 15.9 Å². The smallest absolute Gasteiger partial charge is 0.327 e. The number of carbonyl (C=O) groups excluding carboxylic acids is 1. The fraction of sp³-hybridized carbons (Fsp3) is 0.571. The number of nitrogens with one attached hydrogen (secondary N) is 1. The number of nitrogens with two attached hydrogens (primary N) is 1. The van der Waals surface area contributed by atoms with Crippen LogP contribution in [0.5, 0.6) is 0 Å². The maximum absolute atomic E-state index is 12.1. The van der Waals surface area contributed by atoms with Gasteiger partial charge < -0.3 is 31.5 Å². The second-order valence-corrected chi connectivity index (χ2v) is 10.2. The Bertz CT molecular complexity index is 857. The summed E-state index contributed by atoms with van der Waals surface area (Å²) < 4.78 is 0. The first-order valence-corrected chi connectivity index (χ1v) is 14.3. The van der Waals surface area contributed by atoms with Crippen LogP contribution in [0.3, 0.4) is 0 Å². The molecular weight excluding hydrogens is 524 g/mol. The lowest BCUT2D eigenvalue weighted by molar-refractivity contribution is -0.141. The van der Waals surface area contributed by atoms with Crippen molar-refractivity contribution >= 4 is 35.6 Å². The maximum Gasteiger partial charge on any atom is 0.327 e. The van der Waals surface area contributed by atoms with Crippen molar-refractivity contribution in [1.82, 2.24) is 5.32 Å². The van der Waals surface area contributed by atoms with Gasteiger partial charge >= 0.3 is 17.9 Å². The number of aliphatic hydroxyl groups is 1. The third-order valence-electron chi connectivity index (χ3n) is 5.54. The van der Waals surface area contributed by atoms with Crippen molar-refractivity contribution in [2.75, 3.05) is 5.75 Å². The van der Waals surface area contributed by atoms with Crippen molar-refractivity contribution in [3.05, 3.63) is 48.6 Å². The number of aliphatic hydroxyl groups excluding tert-OH is 1. The Morgan fingerprint density at radius 2 is 1.59 bits per heavy atom. The zero-order chi connectivity index (χ0) is 29.5. The Morgan fingerprint density at radius 1 is 0.872 bits per heavy atom. The highest BCUT2D eigenvalue weighted by Gasteiger charge is 2.25. The second-order valence-electron chi connectivity index (χ2n) is 8.99. The van der Waals surface area contributed by atoms with Gasteiger partial charge in [-0.2, -0.15) is 0 Å². The molecular formula is C28H44N2O8S. The molecule has 0 rings (SSSR count). The predicted molar refractivity (Wildman–Crippen MR) is 153 cm³/mol. The number of rotatable bonds is 23. The molecule has 0 heterocycles. The lowest BCUT2D eigenvalue weighted by Crippen LogP contribution is -2.44. The first-order valence-electron chi connectivity index (χ1n) is 13.2. The number of carboxylic acid groups (broad SMARTS) is 3. The molecule has 11 heteroatoms. The number of hydrogen-bond donors (Lipinski definition) is 6. The molecule has 0 aromatic rings. The summed E-state index contributed by atoms with van der Waals surface area (Å²) in [6, 6.07) is -2.49. The molecule has 0 fully saturated rings. The van der Waals surface area contributed by atoms with Crippen LogP contribution in [0, 0.1) is 0 Å². The van der Waals surface area contributed by atoms with Crippen molar-refractivity contribution in [1.29, 1.82) is 0 Å². The Labute approximate surface area is 235 Å². The summed E-state index contributed by atoms with van der Waals surface area (Å²) in [6.45, 7) is 2.17. The Balaban J connectivity index is 5.01. The molecule has 0 aliphatic carbocycles. The number of aliphatic carboxylic acids is 3. The third kappa shape index (κ3) is 20.7. The van der Waals surface area contributed by atoms with Crippen molar-refractivity contribution < 1.29 is 39.6 Å². The molecule has 39 heavy (non-hydrogen) atoms. The van der Waals surface area contributed by atoms with Crippen molar-refractivity contribution in [3.8, 4) is 0 Å². The lowest BCUT2D eigenvalue weighted by atomic mass is 10.1. The monoisotopic (exact) mass is 568 g/mol. The molecule has 0 saturated carbocycles. The minimum absolute atomic E-state index is 0.0642. The normalized spacial score (nSPS) is 15.2. The first-order chi connectivity index (χ1) is 18.6. The van der Waals surface area contributed by atoms with Crippen LogP contribution in [-0.2, 0) is 19.2 Å². The molecule has 0 aliphatic heterocycles. The Hall–Kier alpha value is -2.89. The summed E-state index contributed by atoms with van der Waals surface area (Å²) in [7, 11) is 0. The third-order valence-corrected chi connectivity index (χ3v) is 6.92. The molecule has 1 amide bonds. The lowest BCUT2D eigenvalue weighted by Gasteiger charge is -2.22. The molecule has 4 atom stereocenters. The number of thioether (sulfide) groups is 1. The van der Waals surface area contributed by atoms with Crippen LogP contribution in [0.15, 0.2) is 48.6 Å². The highest BCUT2D eigenvalue weighted by Crippen LogP contribution is 2.21. The summed E-state index contributed by atoms with van der Waals surface area (Å²) in [5.41, 5.74) is 5.38. The predicted octanol–water partition coefficient (Wildman–Crippen LogP) is 3.66. The summed E-state index contributed by atoms with van der Waals surface area (Å²) in [6.07, 6.45) is 19.9. The van der Waals surface area contributed by atoms with Crippen molar-refractivity contribution in [2.45, 2.75) is 94.6 Å². The molecule has 0 radical (unpaired) electrons. The van der Waals surface area contributed by atoms with Gasteiger partial charge in [-0.25, -0.2) is 4.79 Å². The van der Waals surface area contributed by atoms with Crippen molar-refractivity contribution in [2.24, 2.45) is 5.73 Å². The van der Waals surface area contributed by atoms with Crippen LogP contribution in [0.4, 0.5) is 0 Å². The number of carboxylic acids is 3. The number of carbonyl (C=O) groups is 4. The van der Waals surface area contributed by atoms with E-state index in [1.165, 1.54) is 19.3 Å². The molecule has 0 bridgehead atoms. The molecule has 10 nitrogen and oxygen atoms in total. The maximum atomic E-state index is 12.1. The van der Waals surface area contributed by atoms with Crippen molar-refractivity contribution in [3.63, 3.8) is 0 Å². The van der Waals surface area contributed by atoms with Crippen LogP contribution in [0.2, 0.25) is 0 Å². The number of amides is 1. The SMILES string of the molecule is CCCCC/C=C\C\C=C/C=C/C=C/C(SC[C@H](NC(=O)CC[C@H](N)C(=O)O)C(=O)O)[C@@H](O)CCCC(=O)O. The first kappa shape index (κ1) is 36.1. The number of hydrogen-bond acceptors (Lipinski definition) is 7. The van der Waals surface area contributed by atoms with Gasteiger partial charge in [0.1, 0.15) is 12.1 Å². The zero-order valence-electron chi connectivity index (χ0n) is 22.6. The summed E-state index contributed by atoms with van der Waals surface area (Å²) in [5, 5.41) is 39.6. The van der Waals surface area contributed by atoms with Crippen LogP contribution >= 0.6 is 11.8 Å². The minimum atomic E-state index is -1.27. The molecule has 0 saturated heterocycles. The standard InChI is InChI=1S/C28H44N2O8S/c1-2-3-4-5-6-7-8-9-10-11-12-13-16-24(23(31)15-14-17-26(33)34)39-20-22(28(37)38)30-25(32)19-18-21(29)27(35)36/h6-7,9-13,16,21-24,31H,2-5,8,14-15,17-20,29H2,1H3,(H,30,32)(H,33,34)(H,35,36)(H,37,38)/b7-6-,10-9-,12-11+,16-13+/t21-,22-,23-,24?/m0/s1. The van der Waals surface area contributed by atoms with Gasteiger partial charge in [-0.15, -0.1) is 11.8 Å². The quantitative estimate of drug-likeness (QED) is 0.0603. The summed E-state index contributed by atoms with van der Waals surface area (Å²) in [5.74, 6) is -4.20. The van der Waals surface area contributed by atoms with Gasteiger partial charge in [-0.05, 0) is 38.5 Å². The number of allylic oxidation sites excluding steroid dienone is 7. The van der Waals surface area contributed by atoms with E-state index in [2.05, 4.69) is 24.4 Å². The molecule has 7 N–H and O–H groups in total. The van der Waals surface area contributed by atoms with Gasteiger partial charge in [0.2, 0.25) is 5.91 Å². The zero-order valence-corrected chi connectivity index (χ0v) is 23.4. The fourth-order valence-electron chi connectivity index (χ4n) is 3.24. The molecule has 220 valence electrons. The molecule has 0 aromatic heterocycles. The second kappa shape index (κ2) is 23.0. The van der Waals surface area contributed by atoms with Gasteiger partial charge in [0.15, 0.2) is 0 Å². The topological polar surface area (TPSA) is 187 Å². The summed E-state index contributed by atoms with van der Waals surface area (Å²) in [4.78, 5) is 45.4. The van der Waals surface area contributed by atoms with Gasteiger partial charge in [0, 0.05) is 23.8 Å². The Morgan fingerprint density at radius 3 is 2.23 bits per heavy atom. The van der Waals surface area contributed by atoms with Crippen LogP contribution in [0.25, 0.3) is 0 Å². The van der Waals surface area contributed by atoms with E-state index < -0.39 is 47.3 Å². The van der Waals surface area contributed by atoms with Gasteiger partial charge in [-0.3, -0.25) is 14.4 Å². The molecule has 0 aliphatic rings. The molecule has 0 spiro atoms. The largest absolute Gasteiger partial charge is 0.481 e. The highest BCUT2D eigenvalue weighted by molar-refractivity contribution is 8.00. The van der Waals surface area contributed by atoms with E-state index in [9.17, 15) is 29.4 Å². The van der Waals surface area contributed by atoms with Gasteiger partial charge in [0.05, 0.1) is 6.10 Å². The van der Waals surface area contributed by atoms with Crippen LogP contribution in [-0.4, -0.2) is 73.4 Å². The van der Waals surface area contributed by atoms with E-state index in [1.807, 2.05) is 18.2 Å². The van der Waals surface area contributed by atoms with Crippen LogP contribution in [0.1, 0.15) is 71.1 Å². The van der Waals surface area contributed by atoms with E-state index in [0.717, 1.165) is 24.6 Å². The van der Waals surface area contributed by atoms with E-state index in [1.54, 1.807) is 18.2 Å². The molecule has 1 unspecified atom stereocenters. The minimum Gasteiger partial charge on any atom is -0.481 e. The average molecular weight is 569 g/mol. The number of unbranched alkanes of at least 4 members (excludes halogenated alkanes) is 3. The van der Waals surface area contributed by atoms with E-state index in [0.29, 0.717) is 0 Å². The van der Waals surface area contributed by atoms with Crippen LogP contribution < -0.4 is 11.1 Å². The average Bonchev–Trinajstić information content (AvgIpc) is 2.88. The Kier molecular flexibility index (Phi) is 21.3. The van der Waals surface area contributed by atoms with Gasteiger partial charge in [-0.1, -0.05) is 68.4 Å². The fourth-order valence-corrected chi connectivity index (χ4v) is 4.44. The highest BCUT2D eigenvalue weighted by atomic mass is 32.2. The summed E-state index contributed by atoms with van der Waals surface area (Å²) >= 11 is 1.12.